The van der Waals surface area contributed by atoms with Gasteiger partial charge in [0.1, 0.15) is 6.04 Å². The van der Waals surface area contributed by atoms with Crippen LogP contribution < -0.4 is 5.32 Å². The zero-order valence-corrected chi connectivity index (χ0v) is 16.2. The fourth-order valence-electron chi connectivity index (χ4n) is 2.25. The Kier molecular flexibility index (Phi) is 7.26. The number of rotatable bonds is 6. The van der Waals surface area contributed by atoms with Crippen molar-refractivity contribution >= 4 is 27.7 Å². The number of carbonyl (C=O) groups is 2. The number of carbonyl (C=O) groups excluding carboxylic acids is 2. The average Bonchev–Trinajstić information content (AvgIpc) is 2.42. The molecule has 0 aliphatic rings. The Morgan fingerprint density at radius 2 is 1.96 bits per heavy atom. The Labute approximate surface area is 147 Å². The number of halogens is 1. The van der Waals surface area contributed by atoms with Crippen molar-refractivity contribution in [1.29, 1.82) is 0 Å². The van der Waals surface area contributed by atoms with E-state index in [9.17, 15) is 9.59 Å². The number of nitrogens with one attached hydrogen (secondary N) is 1. The largest absolute Gasteiger partial charge is 0.350 e. The first-order valence-electron chi connectivity index (χ1n) is 8.00. The smallest absolute Gasteiger partial charge is 0.242 e. The highest BCUT2D eigenvalue weighted by atomic mass is 79.9. The van der Waals surface area contributed by atoms with Crippen LogP contribution in [0.3, 0.4) is 0 Å². The third-order valence-electron chi connectivity index (χ3n) is 3.37. The molecule has 0 saturated carbocycles. The molecule has 0 aliphatic heterocycles. The van der Waals surface area contributed by atoms with Gasteiger partial charge in [0.25, 0.3) is 0 Å². The maximum absolute atomic E-state index is 12.5. The zero-order chi connectivity index (χ0) is 17.6. The van der Waals surface area contributed by atoms with Crippen molar-refractivity contribution in [2.24, 2.45) is 0 Å². The first-order valence-corrected chi connectivity index (χ1v) is 8.79. The molecule has 1 atom stereocenters. The van der Waals surface area contributed by atoms with Gasteiger partial charge in [0.05, 0.1) is 0 Å². The van der Waals surface area contributed by atoms with Gasteiger partial charge in [-0.1, -0.05) is 35.0 Å². The summed E-state index contributed by atoms with van der Waals surface area (Å²) in [6, 6.07) is 7.30. The molecule has 0 saturated heterocycles. The number of hydrogen-bond donors (Lipinski definition) is 1. The Morgan fingerprint density at radius 1 is 1.30 bits per heavy atom. The van der Waals surface area contributed by atoms with Crippen LogP contribution in [0.15, 0.2) is 28.7 Å². The summed E-state index contributed by atoms with van der Waals surface area (Å²) in [6.07, 6.45) is 1.21. The molecule has 2 amide bonds. The molecule has 0 fully saturated rings. The van der Waals surface area contributed by atoms with Crippen molar-refractivity contribution in [2.75, 3.05) is 0 Å². The van der Waals surface area contributed by atoms with Crippen LogP contribution in [0.5, 0.6) is 0 Å². The maximum atomic E-state index is 12.5. The maximum Gasteiger partial charge on any atom is 0.242 e. The minimum Gasteiger partial charge on any atom is -0.350 e. The van der Waals surface area contributed by atoms with Gasteiger partial charge < -0.3 is 10.2 Å². The Morgan fingerprint density at radius 3 is 2.48 bits per heavy atom. The average molecular weight is 383 g/mol. The minimum absolute atomic E-state index is 0.00374. The van der Waals surface area contributed by atoms with Crippen molar-refractivity contribution in [1.82, 2.24) is 10.2 Å². The van der Waals surface area contributed by atoms with Gasteiger partial charge in [0.2, 0.25) is 11.8 Å². The van der Waals surface area contributed by atoms with Crippen molar-refractivity contribution in [3.05, 3.63) is 34.3 Å². The first-order chi connectivity index (χ1) is 10.6. The van der Waals surface area contributed by atoms with E-state index in [0.29, 0.717) is 13.0 Å². The van der Waals surface area contributed by atoms with E-state index >= 15 is 0 Å². The van der Waals surface area contributed by atoms with Crippen LogP contribution in [-0.2, 0) is 16.1 Å². The lowest BCUT2D eigenvalue weighted by molar-refractivity contribution is -0.141. The van der Waals surface area contributed by atoms with Crippen LogP contribution >= 0.6 is 15.9 Å². The molecule has 1 aromatic carbocycles. The molecule has 0 bridgehead atoms. The summed E-state index contributed by atoms with van der Waals surface area (Å²) >= 11 is 3.44. The third-order valence-corrected chi connectivity index (χ3v) is 3.86. The van der Waals surface area contributed by atoms with Crippen molar-refractivity contribution in [3.8, 4) is 0 Å². The summed E-state index contributed by atoms with van der Waals surface area (Å²) < 4.78 is 0.963. The van der Waals surface area contributed by atoms with Gasteiger partial charge in [-0.25, -0.2) is 0 Å². The second-order valence-electron chi connectivity index (χ2n) is 6.82. The molecule has 0 spiro atoms. The van der Waals surface area contributed by atoms with Gasteiger partial charge in [0, 0.05) is 23.0 Å². The van der Waals surface area contributed by atoms with Crippen LogP contribution in [0.25, 0.3) is 0 Å². The van der Waals surface area contributed by atoms with E-state index in [1.54, 1.807) is 11.8 Å². The van der Waals surface area contributed by atoms with E-state index in [0.717, 1.165) is 16.5 Å². The Balaban J connectivity index is 2.95. The standard InChI is InChI=1S/C18H27BrN2O2/c1-6-8-16(22)21(12-14-9-7-10-15(19)11-14)13(2)17(23)20-18(3,4)5/h7,9-11,13H,6,8,12H2,1-5H3,(H,20,23)/t13-/m1/s1. The molecule has 1 aromatic rings. The van der Waals surface area contributed by atoms with Gasteiger partial charge in [-0.05, 0) is 51.8 Å². The van der Waals surface area contributed by atoms with Crippen LogP contribution in [0.4, 0.5) is 0 Å². The topological polar surface area (TPSA) is 49.4 Å². The van der Waals surface area contributed by atoms with Gasteiger partial charge in [-0.15, -0.1) is 0 Å². The highest BCUT2D eigenvalue weighted by Crippen LogP contribution is 2.16. The fourth-order valence-corrected chi connectivity index (χ4v) is 2.69. The number of hydrogen-bond acceptors (Lipinski definition) is 2. The number of benzene rings is 1. The second kappa shape index (κ2) is 8.48. The molecular formula is C18H27BrN2O2. The van der Waals surface area contributed by atoms with E-state index in [2.05, 4.69) is 21.2 Å². The normalized spacial score (nSPS) is 12.6. The minimum atomic E-state index is -0.507. The molecule has 0 aromatic heterocycles. The van der Waals surface area contributed by atoms with Gasteiger partial charge in [-0.3, -0.25) is 9.59 Å². The van der Waals surface area contributed by atoms with E-state index in [-0.39, 0.29) is 17.4 Å². The van der Waals surface area contributed by atoms with E-state index in [1.165, 1.54) is 0 Å². The predicted octanol–water partition coefficient (Wildman–Crippen LogP) is 3.88. The summed E-state index contributed by atoms with van der Waals surface area (Å²) in [5.41, 5.74) is 0.680. The highest BCUT2D eigenvalue weighted by Gasteiger charge is 2.27. The summed E-state index contributed by atoms with van der Waals surface area (Å²) in [6.45, 7) is 9.98. The summed E-state index contributed by atoms with van der Waals surface area (Å²) in [5, 5.41) is 2.95. The molecule has 1 rings (SSSR count). The van der Waals surface area contributed by atoms with Crippen LogP contribution in [0.1, 0.15) is 53.0 Å². The number of amides is 2. The van der Waals surface area contributed by atoms with Gasteiger partial charge in [0.15, 0.2) is 0 Å². The molecule has 1 N–H and O–H groups in total. The second-order valence-corrected chi connectivity index (χ2v) is 7.73. The molecule has 0 unspecified atom stereocenters. The van der Waals surface area contributed by atoms with Crippen LogP contribution in [-0.4, -0.2) is 28.3 Å². The zero-order valence-electron chi connectivity index (χ0n) is 14.6. The van der Waals surface area contributed by atoms with Crippen molar-refractivity contribution < 1.29 is 9.59 Å². The quantitative estimate of drug-likeness (QED) is 0.811. The lowest BCUT2D eigenvalue weighted by atomic mass is 10.1. The van der Waals surface area contributed by atoms with Crippen molar-refractivity contribution in [2.45, 2.75) is 65.6 Å². The van der Waals surface area contributed by atoms with E-state index in [4.69, 9.17) is 0 Å². The van der Waals surface area contributed by atoms with Crippen molar-refractivity contribution in [3.63, 3.8) is 0 Å². The molecule has 4 nitrogen and oxygen atoms in total. The van der Waals surface area contributed by atoms with Gasteiger partial charge in [-0.2, -0.15) is 0 Å². The van der Waals surface area contributed by atoms with Gasteiger partial charge >= 0.3 is 0 Å². The lowest BCUT2D eigenvalue weighted by Crippen LogP contribution is -2.52. The molecular weight excluding hydrogens is 356 g/mol. The van der Waals surface area contributed by atoms with Crippen LogP contribution in [0, 0.1) is 0 Å². The molecule has 0 radical (unpaired) electrons. The number of nitrogens with zero attached hydrogens (tertiary/aromatic N) is 1. The van der Waals surface area contributed by atoms with E-state index in [1.807, 2.05) is 52.0 Å². The summed E-state index contributed by atoms with van der Waals surface area (Å²) in [7, 11) is 0. The Hall–Kier alpha value is -1.36. The SMILES string of the molecule is CCCC(=O)N(Cc1cccc(Br)c1)[C@H](C)C(=O)NC(C)(C)C. The fraction of sp³-hybridized carbons (Fsp3) is 0.556. The first kappa shape index (κ1) is 19.7. The predicted molar refractivity (Wildman–Crippen MR) is 97.0 cm³/mol. The molecule has 128 valence electrons. The summed E-state index contributed by atoms with van der Waals surface area (Å²) in [4.78, 5) is 26.6. The third kappa shape index (κ3) is 6.73. The molecule has 0 heterocycles. The van der Waals surface area contributed by atoms with E-state index < -0.39 is 6.04 Å². The summed E-state index contributed by atoms with van der Waals surface area (Å²) in [5.74, 6) is -0.124. The van der Waals surface area contributed by atoms with Crippen LogP contribution in [0.2, 0.25) is 0 Å². The monoisotopic (exact) mass is 382 g/mol. The highest BCUT2D eigenvalue weighted by molar-refractivity contribution is 9.10. The lowest BCUT2D eigenvalue weighted by Gasteiger charge is -2.31. The molecule has 0 aliphatic carbocycles. The molecule has 23 heavy (non-hydrogen) atoms. The molecule has 5 heteroatoms. The Bertz CT molecular complexity index is 552.